The van der Waals surface area contributed by atoms with E-state index >= 15 is 0 Å². The van der Waals surface area contributed by atoms with Crippen molar-refractivity contribution in [2.45, 2.75) is 69.5 Å². The van der Waals surface area contributed by atoms with Crippen molar-refractivity contribution >= 4 is 27.7 Å². The zero-order valence-corrected chi connectivity index (χ0v) is 25.6. The molecule has 0 bridgehead atoms. The zero-order chi connectivity index (χ0) is 31.5. The van der Waals surface area contributed by atoms with Crippen LogP contribution >= 0.6 is 0 Å². The van der Waals surface area contributed by atoms with Crippen LogP contribution in [0.5, 0.6) is 0 Å². The van der Waals surface area contributed by atoms with E-state index in [9.17, 15) is 18.0 Å². The average molecular weight is 619 g/mol. The number of carbonyl (C=O) groups excluding carboxylic acids is 2. The van der Waals surface area contributed by atoms with Crippen LogP contribution in [0.4, 0.5) is 0 Å². The Bertz CT molecular complexity index is 1520. The van der Waals surface area contributed by atoms with Gasteiger partial charge in [0.1, 0.15) is 17.9 Å². The standard InChI is InChI=1S/C33H42N6O4S/c34-20-26-11-7-10-25(18-26)19-29(32(40)37-21-23-14-16-28(17-15-23)31(35)36)38-33(41)30(27-12-5-2-6-13-27)39-44(42,43)22-24-8-3-1-4-9-24/h1,3-4,7-11,14-18,27,29-30,39H,2,5-6,12-13,19-22,34H2,(H3,35,36)(H,37,40)(H,38,41). The number of nitrogens with one attached hydrogen (secondary N) is 4. The molecule has 0 radical (unpaired) electrons. The van der Waals surface area contributed by atoms with E-state index in [4.69, 9.17) is 16.9 Å². The molecule has 0 heterocycles. The third-order valence-electron chi connectivity index (χ3n) is 7.94. The second kappa shape index (κ2) is 15.6. The third-order valence-corrected chi connectivity index (χ3v) is 9.27. The van der Waals surface area contributed by atoms with Crippen LogP contribution in [0.1, 0.15) is 59.9 Å². The van der Waals surface area contributed by atoms with Gasteiger partial charge in [0.15, 0.2) is 0 Å². The molecule has 0 saturated heterocycles. The molecule has 3 aromatic carbocycles. The summed E-state index contributed by atoms with van der Waals surface area (Å²) in [7, 11) is -3.86. The highest BCUT2D eigenvalue weighted by atomic mass is 32.2. The molecule has 0 spiro atoms. The van der Waals surface area contributed by atoms with Crippen molar-refractivity contribution in [2.24, 2.45) is 17.4 Å². The number of amidine groups is 1. The van der Waals surface area contributed by atoms with E-state index < -0.39 is 33.9 Å². The summed E-state index contributed by atoms with van der Waals surface area (Å²) in [6, 6.07) is 21.3. The largest absolute Gasteiger partial charge is 0.384 e. The number of nitrogen functional groups attached to an aromatic ring is 1. The first-order valence-corrected chi connectivity index (χ1v) is 16.6. The van der Waals surface area contributed by atoms with E-state index in [2.05, 4.69) is 15.4 Å². The SMILES string of the molecule is N=C(N)c1ccc(CNC(=O)C(Cc2cccc(CN)c2)NC(=O)C(NS(=O)(=O)Cc2ccccc2)C2CCCCC2)cc1. The van der Waals surface area contributed by atoms with Crippen molar-refractivity contribution in [1.29, 1.82) is 5.41 Å². The molecule has 1 aliphatic carbocycles. The summed E-state index contributed by atoms with van der Waals surface area (Å²) in [6.07, 6.45) is 4.50. The van der Waals surface area contributed by atoms with Gasteiger partial charge in [-0.3, -0.25) is 15.0 Å². The van der Waals surface area contributed by atoms with E-state index in [1.165, 1.54) is 0 Å². The van der Waals surface area contributed by atoms with Crippen molar-refractivity contribution in [3.63, 3.8) is 0 Å². The molecule has 3 aromatic rings. The van der Waals surface area contributed by atoms with Crippen molar-refractivity contribution < 1.29 is 18.0 Å². The molecule has 11 heteroatoms. The van der Waals surface area contributed by atoms with E-state index in [1.54, 1.807) is 48.5 Å². The van der Waals surface area contributed by atoms with Crippen LogP contribution in [0.25, 0.3) is 0 Å². The number of nitrogens with two attached hydrogens (primary N) is 2. The van der Waals surface area contributed by atoms with E-state index in [-0.39, 0.29) is 30.5 Å². The van der Waals surface area contributed by atoms with Crippen LogP contribution in [0.2, 0.25) is 0 Å². The molecular weight excluding hydrogens is 576 g/mol. The lowest BCUT2D eigenvalue weighted by Crippen LogP contribution is -2.56. The summed E-state index contributed by atoms with van der Waals surface area (Å²) in [5.74, 6) is -1.40. The van der Waals surface area contributed by atoms with Crippen LogP contribution in [-0.2, 0) is 44.9 Å². The highest BCUT2D eigenvalue weighted by Gasteiger charge is 2.35. The summed E-state index contributed by atoms with van der Waals surface area (Å²) < 4.78 is 29.2. The topological polar surface area (TPSA) is 180 Å². The fourth-order valence-corrected chi connectivity index (χ4v) is 6.97. The monoisotopic (exact) mass is 618 g/mol. The number of amides is 2. The third kappa shape index (κ3) is 9.73. The minimum absolute atomic E-state index is 0.0463. The summed E-state index contributed by atoms with van der Waals surface area (Å²) in [5, 5.41) is 13.4. The molecule has 10 nitrogen and oxygen atoms in total. The first-order valence-electron chi connectivity index (χ1n) is 15.0. The maximum Gasteiger partial charge on any atom is 0.243 e. The Morgan fingerprint density at radius 2 is 1.50 bits per heavy atom. The van der Waals surface area contributed by atoms with E-state index in [1.807, 2.05) is 30.3 Å². The van der Waals surface area contributed by atoms with Gasteiger partial charge in [-0.25, -0.2) is 13.1 Å². The molecule has 2 unspecified atom stereocenters. The molecular formula is C33H42N6O4S. The molecule has 1 saturated carbocycles. The maximum absolute atomic E-state index is 13.9. The molecule has 2 atom stereocenters. The Hall–Kier alpha value is -4.06. The van der Waals surface area contributed by atoms with Crippen LogP contribution in [0.3, 0.4) is 0 Å². The van der Waals surface area contributed by atoms with Crippen LogP contribution in [0, 0.1) is 11.3 Å². The Morgan fingerprint density at radius 3 is 2.16 bits per heavy atom. The van der Waals surface area contributed by atoms with Crippen LogP contribution in [-0.4, -0.2) is 38.2 Å². The highest BCUT2D eigenvalue weighted by Crippen LogP contribution is 2.27. The zero-order valence-electron chi connectivity index (χ0n) is 24.8. The van der Waals surface area contributed by atoms with Gasteiger partial charge in [-0.2, -0.15) is 0 Å². The fourth-order valence-electron chi connectivity index (χ4n) is 5.56. The van der Waals surface area contributed by atoms with Gasteiger partial charge in [-0.1, -0.05) is 98.1 Å². The lowest BCUT2D eigenvalue weighted by Gasteiger charge is -2.31. The predicted octanol–water partition coefficient (Wildman–Crippen LogP) is 2.84. The van der Waals surface area contributed by atoms with Crippen LogP contribution < -0.4 is 26.8 Å². The van der Waals surface area contributed by atoms with Gasteiger partial charge in [0.2, 0.25) is 21.8 Å². The van der Waals surface area contributed by atoms with Gasteiger partial charge in [0.25, 0.3) is 0 Å². The van der Waals surface area contributed by atoms with Gasteiger partial charge in [-0.15, -0.1) is 0 Å². The number of rotatable bonds is 14. The normalized spacial score (nSPS) is 15.2. The summed E-state index contributed by atoms with van der Waals surface area (Å²) >= 11 is 0. The summed E-state index contributed by atoms with van der Waals surface area (Å²) in [6.45, 7) is 0.530. The highest BCUT2D eigenvalue weighted by molar-refractivity contribution is 7.88. The Balaban J connectivity index is 1.54. The summed E-state index contributed by atoms with van der Waals surface area (Å²) in [4.78, 5) is 27.5. The molecule has 2 amide bonds. The smallest absolute Gasteiger partial charge is 0.243 e. The Morgan fingerprint density at radius 1 is 0.841 bits per heavy atom. The van der Waals surface area contributed by atoms with Crippen molar-refractivity contribution in [1.82, 2.24) is 15.4 Å². The molecule has 8 N–H and O–H groups in total. The fraction of sp³-hybridized carbons (Fsp3) is 0.364. The van der Waals surface area contributed by atoms with Gasteiger partial charge >= 0.3 is 0 Å². The minimum Gasteiger partial charge on any atom is -0.384 e. The van der Waals surface area contributed by atoms with Gasteiger partial charge in [0.05, 0.1) is 5.75 Å². The maximum atomic E-state index is 13.9. The predicted molar refractivity (Wildman–Crippen MR) is 172 cm³/mol. The molecule has 4 rings (SSSR count). The number of hydrogen-bond donors (Lipinski definition) is 6. The molecule has 44 heavy (non-hydrogen) atoms. The number of benzene rings is 3. The lowest BCUT2D eigenvalue weighted by molar-refractivity contribution is -0.130. The molecule has 0 aliphatic heterocycles. The molecule has 0 aromatic heterocycles. The van der Waals surface area contributed by atoms with Crippen molar-refractivity contribution in [2.75, 3.05) is 0 Å². The number of carbonyl (C=O) groups is 2. The van der Waals surface area contributed by atoms with E-state index in [0.29, 0.717) is 17.7 Å². The van der Waals surface area contributed by atoms with E-state index in [0.717, 1.165) is 48.8 Å². The minimum atomic E-state index is -3.86. The van der Waals surface area contributed by atoms with Crippen LogP contribution in [0.15, 0.2) is 78.9 Å². The lowest BCUT2D eigenvalue weighted by atomic mass is 9.84. The summed E-state index contributed by atoms with van der Waals surface area (Å²) in [5.41, 5.74) is 15.1. The quantitative estimate of drug-likeness (QED) is 0.119. The van der Waals surface area contributed by atoms with Gasteiger partial charge in [-0.05, 0) is 41.0 Å². The Labute approximate surface area is 259 Å². The Kier molecular flexibility index (Phi) is 11.6. The first kappa shape index (κ1) is 32.8. The van der Waals surface area contributed by atoms with Gasteiger partial charge in [0, 0.05) is 25.1 Å². The van der Waals surface area contributed by atoms with Crippen molar-refractivity contribution in [3.8, 4) is 0 Å². The second-order valence-electron chi connectivity index (χ2n) is 11.4. The first-order chi connectivity index (χ1) is 21.1. The molecule has 1 aliphatic rings. The van der Waals surface area contributed by atoms with Gasteiger partial charge < -0.3 is 22.1 Å². The molecule has 1 fully saturated rings. The average Bonchev–Trinajstić information content (AvgIpc) is 3.03. The van der Waals surface area contributed by atoms with Crippen molar-refractivity contribution in [3.05, 3.63) is 107 Å². The number of sulfonamides is 1. The second-order valence-corrected chi connectivity index (χ2v) is 13.1. The number of hydrogen-bond acceptors (Lipinski definition) is 6. The molecule has 234 valence electrons.